The van der Waals surface area contributed by atoms with E-state index in [0.717, 1.165) is 12.0 Å². The summed E-state index contributed by atoms with van der Waals surface area (Å²) in [6.45, 7) is 4.15. The first-order valence-corrected chi connectivity index (χ1v) is 7.53. The van der Waals surface area contributed by atoms with Crippen molar-refractivity contribution in [3.05, 3.63) is 64.7 Å². The summed E-state index contributed by atoms with van der Waals surface area (Å²) in [5, 5.41) is 10.9. The van der Waals surface area contributed by atoms with Gasteiger partial charge in [0.2, 0.25) is 0 Å². The summed E-state index contributed by atoms with van der Waals surface area (Å²) in [5.74, 6) is 0. The van der Waals surface area contributed by atoms with Crippen LogP contribution >= 0.6 is 11.8 Å². The van der Waals surface area contributed by atoms with Crippen LogP contribution in [0.5, 0.6) is 0 Å². The highest BCUT2D eigenvalue weighted by molar-refractivity contribution is 8.00. The number of rotatable bonds is 2. The number of aliphatic hydroxyl groups is 1. The van der Waals surface area contributed by atoms with E-state index in [1.165, 1.54) is 21.6 Å². The zero-order valence-corrected chi connectivity index (χ0v) is 12.1. The van der Waals surface area contributed by atoms with Gasteiger partial charge in [-0.15, -0.1) is 11.8 Å². The van der Waals surface area contributed by atoms with E-state index in [0.29, 0.717) is 0 Å². The second-order valence-electron chi connectivity index (χ2n) is 5.27. The highest BCUT2D eigenvalue weighted by Crippen LogP contribution is 2.43. The molecule has 0 aromatic heterocycles. The molecule has 2 unspecified atom stereocenters. The van der Waals surface area contributed by atoms with Gasteiger partial charge in [0.1, 0.15) is 0 Å². The Kier molecular flexibility index (Phi) is 3.38. The van der Waals surface area contributed by atoms with Gasteiger partial charge in [0.25, 0.3) is 0 Å². The van der Waals surface area contributed by atoms with Gasteiger partial charge < -0.3 is 5.11 Å². The van der Waals surface area contributed by atoms with Gasteiger partial charge in [-0.25, -0.2) is 0 Å². The molecule has 0 fully saturated rings. The first-order chi connectivity index (χ1) is 9.15. The molecular weight excluding hydrogens is 252 g/mol. The number of hydrogen-bond acceptors (Lipinski definition) is 2. The fraction of sp³-hybridized carbons (Fsp3) is 0.294. The fourth-order valence-corrected chi connectivity index (χ4v) is 3.99. The Bertz CT molecular complexity index is 581. The normalized spacial score (nSPS) is 19.2. The van der Waals surface area contributed by atoms with Gasteiger partial charge in [-0.05, 0) is 43.0 Å². The number of thioether (sulfide) groups is 1. The molecular formula is C17H18OS. The SMILES string of the molecule is Cc1ccc(C)c(C(O)C2Cc3ccccc3S2)c1. The van der Waals surface area contributed by atoms with Crippen molar-refractivity contribution in [3.8, 4) is 0 Å². The molecule has 0 saturated carbocycles. The van der Waals surface area contributed by atoms with Crippen LogP contribution in [0.3, 0.4) is 0 Å². The van der Waals surface area contributed by atoms with Crippen molar-refractivity contribution in [2.75, 3.05) is 0 Å². The lowest BCUT2D eigenvalue weighted by atomic mass is 9.96. The van der Waals surface area contributed by atoms with Crippen LogP contribution in [0.15, 0.2) is 47.4 Å². The molecule has 1 aliphatic rings. The van der Waals surface area contributed by atoms with Gasteiger partial charge in [-0.2, -0.15) is 0 Å². The molecule has 0 radical (unpaired) electrons. The van der Waals surface area contributed by atoms with Crippen molar-refractivity contribution in [1.82, 2.24) is 0 Å². The lowest BCUT2D eigenvalue weighted by Crippen LogP contribution is -2.15. The molecule has 1 heterocycles. The number of hydrogen-bond donors (Lipinski definition) is 1. The van der Waals surface area contributed by atoms with Gasteiger partial charge >= 0.3 is 0 Å². The van der Waals surface area contributed by atoms with Crippen LogP contribution in [0, 0.1) is 13.8 Å². The molecule has 19 heavy (non-hydrogen) atoms. The van der Waals surface area contributed by atoms with Crippen molar-refractivity contribution >= 4 is 11.8 Å². The van der Waals surface area contributed by atoms with E-state index in [9.17, 15) is 5.11 Å². The molecule has 0 bridgehead atoms. The van der Waals surface area contributed by atoms with E-state index in [2.05, 4.69) is 56.3 Å². The number of fused-ring (bicyclic) bond motifs is 1. The van der Waals surface area contributed by atoms with E-state index < -0.39 is 6.10 Å². The summed E-state index contributed by atoms with van der Waals surface area (Å²) in [4.78, 5) is 1.32. The summed E-state index contributed by atoms with van der Waals surface area (Å²) in [6, 6.07) is 14.8. The molecule has 2 heteroatoms. The third-order valence-corrected chi connectivity index (χ3v) is 5.16. The van der Waals surface area contributed by atoms with Crippen molar-refractivity contribution in [1.29, 1.82) is 0 Å². The molecule has 2 aromatic rings. The molecule has 0 aliphatic carbocycles. The largest absolute Gasteiger partial charge is 0.387 e. The lowest BCUT2D eigenvalue weighted by Gasteiger charge is -2.20. The highest BCUT2D eigenvalue weighted by atomic mass is 32.2. The van der Waals surface area contributed by atoms with Crippen LogP contribution in [-0.2, 0) is 6.42 Å². The summed E-state index contributed by atoms with van der Waals surface area (Å²) in [7, 11) is 0. The second-order valence-corrected chi connectivity index (χ2v) is 6.55. The topological polar surface area (TPSA) is 20.2 Å². The van der Waals surface area contributed by atoms with Crippen LogP contribution in [0.4, 0.5) is 0 Å². The average Bonchev–Trinajstić information content (AvgIpc) is 2.84. The minimum Gasteiger partial charge on any atom is -0.387 e. The minimum absolute atomic E-state index is 0.234. The zero-order chi connectivity index (χ0) is 13.4. The lowest BCUT2D eigenvalue weighted by molar-refractivity contribution is 0.174. The van der Waals surface area contributed by atoms with Crippen molar-refractivity contribution in [2.24, 2.45) is 0 Å². The molecule has 3 rings (SSSR count). The van der Waals surface area contributed by atoms with Crippen LogP contribution in [0.2, 0.25) is 0 Å². The molecule has 0 amide bonds. The predicted molar refractivity (Wildman–Crippen MR) is 80.7 cm³/mol. The van der Waals surface area contributed by atoms with Crippen LogP contribution in [0.25, 0.3) is 0 Å². The monoisotopic (exact) mass is 270 g/mol. The molecule has 0 saturated heterocycles. The van der Waals surface area contributed by atoms with Crippen molar-refractivity contribution in [2.45, 2.75) is 36.5 Å². The van der Waals surface area contributed by atoms with E-state index in [4.69, 9.17) is 0 Å². The van der Waals surface area contributed by atoms with Crippen molar-refractivity contribution in [3.63, 3.8) is 0 Å². The molecule has 1 N–H and O–H groups in total. The second kappa shape index (κ2) is 5.03. The maximum Gasteiger partial charge on any atom is 0.0917 e. The number of benzene rings is 2. The third kappa shape index (κ3) is 2.43. The maximum atomic E-state index is 10.7. The standard InChI is InChI=1S/C17H18OS/c1-11-7-8-12(2)14(9-11)17(18)16-10-13-5-3-4-6-15(13)19-16/h3-9,16-18H,10H2,1-2H3. The number of aryl methyl sites for hydroxylation is 2. The Morgan fingerprint density at radius 3 is 2.74 bits per heavy atom. The average molecular weight is 270 g/mol. The van der Waals surface area contributed by atoms with Gasteiger partial charge in [0.15, 0.2) is 0 Å². The van der Waals surface area contributed by atoms with E-state index in [-0.39, 0.29) is 5.25 Å². The summed E-state index contributed by atoms with van der Waals surface area (Å²) in [6.07, 6.45) is 0.562. The van der Waals surface area contributed by atoms with Gasteiger partial charge in [-0.3, -0.25) is 0 Å². The molecule has 2 aromatic carbocycles. The van der Waals surface area contributed by atoms with E-state index in [1.54, 1.807) is 11.8 Å². The summed E-state index contributed by atoms with van der Waals surface area (Å²) in [5.41, 5.74) is 4.82. The van der Waals surface area contributed by atoms with E-state index >= 15 is 0 Å². The van der Waals surface area contributed by atoms with E-state index in [1.807, 2.05) is 0 Å². The van der Waals surface area contributed by atoms with Gasteiger partial charge in [0.05, 0.1) is 6.10 Å². The molecule has 98 valence electrons. The number of aliphatic hydroxyl groups excluding tert-OH is 1. The summed E-state index contributed by atoms with van der Waals surface area (Å²) < 4.78 is 0. The van der Waals surface area contributed by atoms with Crippen LogP contribution < -0.4 is 0 Å². The first-order valence-electron chi connectivity index (χ1n) is 6.65. The Balaban J connectivity index is 1.87. The molecule has 1 nitrogen and oxygen atoms in total. The Morgan fingerprint density at radius 2 is 1.95 bits per heavy atom. The van der Waals surface area contributed by atoms with Crippen molar-refractivity contribution < 1.29 is 5.11 Å². The maximum absolute atomic E-state index is 10.7. The molecule has 1 aliphatic heterocycles. The minimum atomic E-state index is -0.391. The van der Waals surface area contributed by atoms with Crippen LogP contribution in [0.1, 0.15) is 28.4 Å². The molecule has 0 spiro atoms. The quantitative estimate of drug-likeness (QED) is 0.888. The Hall–Kier alpha value is -1.25. The Morgan fingerprint density at radius 1 is 1.16 bits per heavy atom. The third-order valence-electron chi connectivity index (χ3n) is 3.78. The van der Waals surface area contributed by atoms with Gasteiger partial charge in [-0.1, -0.05) is 42.0 Å². The molecule has 2 atom stereocenters. The Labute approximate surface area is 118 Å². The fourth-order valence-electron chi connectivity index (χ4n) is 2.66. The summed E-state index contributed by atoms with van der Waals surface area (Å²) >= 11 is 1.80. The first kappa shape index (κ1) is 12.8. The highest BCUT2D eigenvalue weighted by Gasteiger charge is 2.29. The zero-order valence-electron chi connectivity index (χ0n) is 11.3. The van der Waals surface area contributed by atoms with Gasteiger partial charge in [0, 0.05) is 10.1 Å². The van der Waals surface area contributed by atoms with Crippen LogP contribution in [-0.4, -0.2) is 10.4 Å². The smallest absolute Gasteiger partial charge is 0.0917 e. The predicted octanol–water partition coefficient (Wildman–Crippen LogP) is 4.05.